The molecule has 0 bridgehead atoms. The first-order valence-electron chi connectivity index (χ1n) is 7.16. The second-order valence-electron chi connectivity index (χ2n) is 5.74. The Balaban J connectivity index is 1.83. The molecule has 0 amide bonds. The molecule has 1 aliphatic carbocycles. The molecule has 3 rings (SSSR count). The summed E-state index contributed by atoms with van der Waals surface area (Å²) in [4.78, 5) is 0. The van der Waals surface area contributed by atoms with E-state index in [-0.39, 0.29) is 12.0 Å². The minimum absolute atomic E-state index is 0.255. The van der Waals surface area contributed by atoms with Crippen LogP contribution in [0.4, 0.5) is 0 Å². The van der Waals surface area contributed by atoms with Crippen molar-refractivity contribution in [1.82, 2.24) is 0 Å². The van der Waals surface area contributed by atoms with E-state index in [2.05, 4.69) is 18.2 Å². The highest BCUT2D eigenvalue weighted by atomic mass is 35.5. The number of halogens is 1. The van der Waals surface area contributed by atoms with Gasteiger partial charge in [-0.15, -0.1) is 0 Å². The lowest BCUT2D eigenvalue weighted by atomic mass is 9.78. The number of aliphatic hydroxyl groups excluding tert-OH is 1. The van der Waals surface area contributed by atoms with Crippen molar-refractivity contribution in [3.8, 4) is 0 Å². The Hall–Kier alpha value is -1.31. The molecular weight excluding hydrogens is 268 g/mol. The molecule has 1 aliphatic rings. The van der Waals surface area contributed by atoms with Gasteiger partial charge in [0.15, 0.2) is 0 Å². The molecule has 2 unspecified atom stereocenters. The summed E-state index contributed by atoms with van der Waals surface area (Å²) in [6.07, 6.45) is 2.52. The van der Waals surface area contributed by atoms with Crippen molar-refractivity contribution in [3.63, 3.8) is 0 Å². The maximum absolute atomic E-state index is 10.6. The van der Waals surface area contributed by atoms with E-state index in [9.17, 15) is 5.11 Å². The first-order chi connectivity index (χ1) is 9.65. The Morgan fingerprint density at radius 2 is 2.00 bits per heavy atom. The number of rotatable bonds is 2. The Kier molecular flexibility index (Phi) is 3.82. The Labute approximate surface area is 125 Å². The van der Waals surface area contributed by atoms with Gasteiger partial charge in [-0.25, -0.2) is 0 Å². The van der Waals surface area contributed by atoms with Crippen LogP contribution in [0.5, 0.6) is 0 Å². The van der Waals surface area contributed by atoms with Gasteiger partial charge in [-0.2, -0.15) is 0 Å². The van der Waals surface area contributed by atoms with Crippen LogP contribution >= 0.6 is 11.6 Å². The molecule has 0 aromatic heterocycles. The molecule has 20 heavy (non-hydrogen) atoms. The van der Waals surface area contributed by atoms with E-state index in [0.29, 0.717) is 0 Å². The first kappa shape index (κ1) is 13.7. The number of aliphatic hydroxyl groups is 1. The predicted octanol–water partition coefficient (Wildman–Crippen LogP) is 4.49. The molecule has 0 spiro atoms. The Morgan fingerprint density at radius 1 is 1.20 bits per heavy atom. The van der Waals surface area contributed by atoms with Gasteiger partial charge in [-0.1, -0.05) is 48.0 Å². The van der Waals surface area contributed by atoms with Gasteiger partial charge in [-0.05, 0) is 60.4 Å². The van der Waals surface area contributed by atoms with Crippen LogP contribution in [0.3, 0.4) is 0 Å². The standard InChI is InChI=1S/C18H19ClO/c1-12-6-7-14(17(19)10-12)11-15-9-8-13-4-2-3-5-16(13)18(15)20/h2-7,10,15,18,20H,8-9,11H2,1H3. The summed E-state index contributed by atoms with van der Waals surface area (Å²) in [5.41, 5.74) is 4.69. The van der Waals surface area contributed by atoms with Crippen molar-refractivity contribution in [2.45, 2.75) is 32.3 Å². The number of aryl methyl sites for hydroxylation is 2. The molecule has 0 aliphatic heterocycles. The van der Waals surface area contributed by atoms with Gasteiger partial charge < -0.3 is 5.11 Å². The first-order valence-corrected chi connectivity index (χ1v) is 7.54. The minimum atomic E-state index is -0.377. The molecule has 1 nitrogen and oxygen atoms in total. The Bertz CT molecular complexity index is 621. The van der Waals surface area contributed by atoms with Crippen LogP contribution in [0, 0.1) is 12.8 Å². The van der Waals surface area contributed by atoms with Crippen molar-refractivity contribution >= 4 is 11.6 Å². The van der Waals surface area contributed by atoms with Gasteiger partial charge in [0.2, 0.25) is 0 Å². The van der Waals surface area contributed by atoms with Gasteiger partial charge in [0.05, 0.1) is 6.10 Å². The van der Waals surface area contributed by atoms with Crippen molar-refractivity contribution in [3.05, 3.63) is 69.7 Å². The normalized spacial score (nSPS) is 21.6. The molecule has 2 heteroatoms. The monoisotopic (exact) mass is 286 g/mol. The molecule has 104 valence electrons. The number of hydrogen-bond donors (Lipinski definition) is 1. The quantitative estimate of drug-likeness (QED) is 0.862. The average molecular weight is 287 g/mol. The van der Waals surface area contributed by atoms with Crippen molar-refractivity contribution < 1.29 is 5.11 Å². The van der Waals surface area contributed by atoms with Gasteiger partial charge in [0.1, 0.15) is 0 Å². The van der Waals surface area contributed by atoms with Gasteiger partial charge >= 0.3 is 0 Å². The van der Waals surface area contributed by atoms with Crippen LogP contribution in [0.2, 0.25) is 5.02 Å². The van der Waals surface area contributed by atoms with E-state index in [4.69, 9.17) is 11.6 Å². The molecule has 0 radical (unpaired) electrons. The fourth-order valence-corrected chi connectivity index (χ4v) is 3.43. The lowest BCUT2D eigenvalue weighted by Gasteiger charge is -2.30. The summed E-state index contributed by atoms with van der Waals surface area (Å²) >= 11 is 6.32. The summed E-state index contributed by atoms with van der Waals surface area (Å²) in [7, 11) is 0. The maximum atomic E-state index is 10.6. The van der Waals surface area contributed by atoms with Crippen LogP contribution < -0.4 is 0 Å². The zero-order valence-corrected chi connectivity index (χ0v) is 12.4. The van der Waals surface area contributed by atoms with Gasteiger partial charge in [0, 0.05) is 5.02 Å². The SMILES string of the molecule is Cc1ccc(CC2CCc3ccccc3C2O)c(Cl)c1. The molecule has 0 saturated heterocycles. The van der Waals surface area contributed by atoms with E-state index in [0.717, 1.165) is 35.4 Å². The molecule has 0 heterocycles. The van der Waals surface area contributed by atoms with Crippen LogP contribution in [0.25, 0.3) is 0 Å². The van der Waals surface area contributed by atoms with Crippen molar-refractivity contribution in [2.75, 3.05) is 0 Å². The summed E-state index contributed by atoms with van der Waals surface area (Å²) < 4.78 is 0. The largest absolute Gasteiger partial charge is 0.388 e. The summed E-state index contributed by atoms with van der Waals surface area (Å²) in [5.74, 6) is 0.255. The average Bonchev–Trinajstić information content (AvgIpc) is 2.45. The molecule has 0 fully saturated rings. The third-order valence-corrected chi connectivity index (χ3v) is 4.65. The summed E-state index contributed by atoms with van der Waals surface area (Å²) in [6.45, 7) is 2.04. The zero-order valence-electron chi connectivity index (χ0n) is 11.6. The molecule has 0 saturated carbocycles. The van der Waals surface area contributed by atoms with E-state index in [1.807, 2.05) is 31.2 Å². The summed E-state index contributed by atoms with van der Waals surface area (Å²) in [5, 5.41) is 11.4. The number of hydrogen-bond acceptors (Lipinski definition) is 1. The second kappa shape index (κ2) is 5.59. The number of fused-ring (bicyclic) bond motifs is 1. The smallest absolute Gasteiger partial charge is 0.0824 e. The summed E-state index contributed by atoms with van der Waals surface area (Å²) in [6, 6.07) is 14.4. The van der Waals surface area contributed by atoms with E-state index >= 15 is 0 Å². The second-order valence-corrected chi connectivity index (χ2v) is 6.15. The van der Waals surface area contributed by atoms with Crippen LogP contribution in [-0.2, 0) is 12.8 Å². The molecule has 2 aromatic rings. The van der Waals surface area contributed by atoms with E-state index in [1.165, 1.54) is 11.1 Å². The predicted molar refractivity (Wildman–Crippen MR) is 83.1 cm³/mol. The molecule has 2 atom stereocenters. The highest BCUT2D eigenvalue weighted by molar-refractivity contribution is 6.31. The third-order valence-electron chi connectivity index (χ3n) is 4.30. The maximum Gasteiger partial charge on any atom is 0.0824 e. The third kappa shape index (κ3) is 2.61. The van der Waals surface area contributed by atoms with Crippen LogP contribution in [0.15, 0.2) is 42.5 Å². The highest BCUT2D eigenvalue weighted by Crippen LogP contribution is 2.37. The topological polar surface area (TPSA) is 20.2 Å². The van der Waals surface area contributed by atoms with E-state index < -0.39 is 0 Å². The molecule has 2 aromatic carbocycles. The minimum Gasteiger partial charge on any atom is -0.388 e. The highest BCUT2D eigenvalue weighted by Gasteiger charge is 2.28. The Morgan fingerprint density at radius 3 is 2.80 bits per heavy atom. The lowest BCUT2D eigenvalue weighted by Crippen LogP contribution is -2.22. The van der Waals surface area contributed by atoms with Crippen LogP contribution in [0.1, 0.15) is 34.8 Å². The van der Waals surface area contributed by atoms with Crippen molar-refractivity contribution in [1.29, 1.82) is 0 Å². The fraction of sp³-hybridized carbons (Fsp3) is 0.333. The van der Waals surface area contributed by atoms with Crippen molar-refractivity contribution in [2.24, 2.45) is 5.92 Å². The molecular formula is C18H19ClO. The van der Waals surface area contributed by atoms with Gasteiger partial charge in [-0.3, -0.25) is 0 Å². The molecule has 1 N–H and O–H groups in total. The lowest BCUT2D eigenvalue weighted by molar-refractivity contribution is 0.0937. The number of benzene rings is 2. The zero-order chi connectivity index (χ0) is 14.1. The fourth-order valence-electron chi connectivity index (χ4n) is 3.12. The van der Waals surface area contributed by atoms with E-state index in [1.54, 1.807) is 0 Å². The van der Waals surface area contributed by atoms with Gasteiger partial charge in [0.25, 0.3) is 0 Å². The van der Waals surface area contributed by atoms with Crippen LogP contribution in [-0.4, -0.2) is 5.11 Å².